The monoisotopic (exact) mass is 386 g/mol. The number of hydrogen-bond acceptors (Lipinski definition) is 6. The van der Waals surface area contributed by atoms with E-state index < -0.39 is 5.97 Å². The van der Waals surface area contributed by atoms with Gasteiger partial charge in [-0.15, -0.1) is 0 Å². The van der Waals surface area contributed by atoms with Crippen molar-refractivity contribution in [3.05, 3.63) is 23.5 Å². The Hall–Kier alpha value is -2.48. The fourth-order valence-corrected chi connectivity index (χ4v) is 3.47. The predicted octanol–water partition coefficient (Wildman–Crippen LogP) is 2.34. The van der Waals surface area contributed by atoms with Crippen LogP contribution in [-0.4, -0.2) is 52.5 Å². The van der Waals surface area contributed by atoms with Gasteiger partial charge in [0.1, 0.15) is 0 Å². The van der Waals surface area contributed by atoms with E-state index in [1.54, 1.807) is 12.3 Å². The topological polar surface area (TPSA) is 95.3 Å². The zero-order valence-corrected chi connectivity index (χ0v) is 16.3. The number of rotatable bonds is 7. The van der Waals surface area contributed by atoms with Gasteiger partial charge in [-0.25, -0.2) is 14.5 Å². The quantitative estimate of drug-likeness (QED) is 0.734. The Kier molecular flexibility index (Phi) is 5.30. The molecule has 2 fully saturated rings. The lowest BCUT2D eigenvalue weighted by atomic mass is 10.1. The molecule has 28 heavy (non-hydrogen) atoms. The second-order valence-corrected chi connectivity index (χ2v) is 7.80. The third-order valence-corrected chi connectivity index (χ3v) is 5.18. The zero-order chi connectivity index (χ0) is 19.7. The van der Waals surface area contributed by atoms with Gasteiger partial charge in [0.25, 0.3) is 5.91 Å². The Morgan fingerprint density at radius 2 is 2.18 bits per heavy atom. The molecule has 0 aromatic carbocycles. The number of pyridine rings is 1. The van der Waals surface area contributed by atoms with Crippen LogP contribution in [-0.2, 0) is 14.3 Å². The highest BCUT2D eigenvalue weighted by Gasteiger charge is 2.28. The summed E-state index contributed by atoms with van der Waals surface area (Å²) in [6.45, 7) is 4.92. The van der Waals surface area contributed by atoms with Crippen LogP contribution in [0.25, 0.3) is 11.0 Å². The van der Waals surface area contributed by atoms with Crippen molar-refractivity contribution in [2.75, 3.05) is 19.8 Å². The second-order valence-electron chi connectivity index (χ2n) is 7.80. The van der Waals surface area contributed by atoms with E-state index >= 15 is 0 Å². The van der Waals surface area contributed by atoms with Crippen molar-refractivity contribution in [2.24, 2.45) is 0 Å². The van der Waals surface area contributed by atoms with Crippen molar-refractivity contribution in [3.8, 4) is 0 Å². The summed E-state index contributed by atoms with van der Waals surface area (Å²) in [5, 5.41) is 7.79. The van der Waals surface area contributed by atoms with E-state index in [0.29, 0.717) is 29.1 Å². The van der Waals surface area contributed by atoms with Crippen LogP contribution < -0.4 is 5.32 Å². The summed E-state index contributed by atoms with van der Waals surface area (Å²) in [6, 6.07) is 1.92. The summed E-state index contributed by atoms with van der Waals surface area (Å²) in [6.07, 6.45) is 5.82. The van der Waals surface area contributed by atoms with Gasteiger partial charge in [0.2, 0.25) is 0 Å². The van der Waals surface area contributed by atoms with Gasteiger partial charge >= 0.3 is 5.97 Å². The summed E-state index contributed by atoms with van der Waals surface area (Å²) < 4.78 is 12.6. The maximum atomic E-state index is 12.7. The summed E-state index contributed by atoms with van der Waals surface area (Å²) in [5.41, 5.74) is 2.00. The molecular weight excluding hydrogens is 360 g/mol. The Labute approximate surface area is 163 Å². The number of aromatic nitrogens is 3. The molecule has 2 aliphatic rings. The Balaban J connectivity index is 1.46. The van der Waals surface area contributed by atoms with E-state index in [4.69, 9.17) is 14.5 Å². The number of esters is 1. The van der Waals surface area contributed by atoms with Crippen LogP contribution >= 0.6 is 0 Å². The predicted molar refractivity (Wildman–Crippen MR) is 102 cm³/mol. The number of fused-ring (bicyclic) bond motifs is 1. The largest absolute Gasteiger partial charge is 0.452 e. The van der Waals surface area contributed by atoms with Gasteiger partial charge in [0.05, 0.1) is 23.3 Å². The molecule has 8 nitrogen and oxygen atoms in total. The molecule has 2 aromatic rings. The third kappa shape index (κ3) is 4.01. The maximum Gasteiger partial charge on any atom is 0.339 e. The molecule has 1 aliphatic heterocycles. The number of ether oxygens (including phenoxy) is 2. The van der Waals surface area contributed by atoms with Crippen molar-refractivity contribution < 1.29 is 19.1 Å². The molecular formula is C20H26N4O4. The van der Waals surface area contributed by atoms with Crippen LogP contribution in [0.1, 0.15) is 67.5 Å². The molecule has 0 unspecified atom stereocenters. The second kappa shape index (κ2) is 7.87. The fourth-order valence-electron chi connectivity index (χ4n) is 3.47. The highest BCUT2D eigenvalue weighted by Crippen LogP contribution is 2.40. The fraction of sp³-hybridized carbons (Fsp3) is 0.600. The van der Waals surface area contributed by atoms with Gasteiger partial charge in [-0.05, 0) is 45.6 Å². The van der Waals surface area contributed by atoms with Crippen molar-refractivity contribution in [1.29, 1.82) is 0 Å². The molecule has 1 amide bonds. The first-order chi connectivity index (χ1) is 13.5. The molecule has 1 saturated carbocycles. The van der Waals surface area contributed by atoms with E-state index in [1.807, 2.05) is 18.5 Å². The molecule has 1 N–H and O–H groups in total. The SMILES string of the molecule is CC(C)n1ncc2c(C(=O)OCC(=O)NC[C@H]3CCCO3)cc(C3CC3)nc21. The minimum atomic E-state index is -0.523. The van der Waals surface area contributed by atoms with Crippen LogP contribution in [0.2, 0.25) is 0 Å². The molecule has 150 valence electrons. The molecule has 0 spiro atoms. The molecule has 0 bridgehead atoms. The minimum absolute atomic E-state index is 0.0578. The third-order valence-electron chi connectivity index (χ3n) is 5.18. The van der Waals surface area contributed by atoms with Crippen molar-refractivity contribution in [3.63, 3.8) is 0 Å². The van der Waals surface area contributed by atoms with Gasteiger partial charge in [0, 0.05) is 30.8 Å². The molecule has 8 heteroatoms. The van der Waals surface area contributed by atoms with Crippen molar-refractivity contribution in [1.82, 2.24) is 20.1 Å². The maximum absolute atomic E-state index is 12.7. The first-order valence-electron chi connectivity index (χ1n) is 9.96. The molecule has 1 saturated heterocycles. The highest BCUT2D eigenvalue weighted by atomic mass is 16.5. The van der Waals surface area contributed by atoms with Gasteiger partial charge in [-0.1, -0.05) is 0 Å². The molecule has 1 aliphatic carbocycles. The molecule has 4 rings (SSSR count). The van der Waals surface area contributed by atoms with E-state index in [1.165, 1.54) is 0 Å². The number of nitrogens with zero attached hydrogens (tertiary/aromatic N) is 3. The average Bonchev–Trinajstić information content (AvgIpc) is 3.23. The number of hydrogen-bond donors (Lipinski definition) is 1. The van der Waals surface area contributed by atoms with Gasteiger partial charge in [-0.3, -0.25) is 4.79 Å². The lowest BCUT2D eigenvalue weighted by molar-refractivity contribution is -0.124. The lowest BCUT2D eigenvalue weighted by Crippen LogP contribution is -2.34. The van der Waals surface area contributed by atoms with E-state index in [2.05, 4.69) is 10.4 Å². The van der Waals surface area contributed by atoms with Crippen LogP contribution in [0.15, 0.2) is 12.3 Å². The minimum Gasteiger partial charge on any atom is -0.452 e. The van der Waals surface area contributed by atoms with Gasteiger partial charge < -0.3 is 14.8 Å². The van der Waals surface area contributed by atoms with Crippen molar-refractivity contribution in [2.45, 2.75) is 57.6 Å². The number of carbonyl (C=O) groups is 2. The lowest BCUT2D eigenvalue weighted by Gasteiger charge is -2.12. The first-order valence-corrected chi connectivity index (χ1v) is 9.96. The summed E-state index contributed by atoms with van der Waals surface area (Å²) in [7, 11) is 0. The van der Waals surface area contributed by atoms with Gasteiger partial charge in [0.15, 0.2) is 12.3 Å². The highest BCUT2D eigenvalue weighted by molar-refractivity contribution is 6.03. The summed E-state index contributed by atoms with van der Waals surface area (Å²) in [5.74, 6) is -0.458. The van der Waals surface area contributed by atoms with Crippen LogP contribution in [0, 0.1) is 0 Å². The molecule has 1 atom stereocenters. The van der Waals surface area contributed by atoms with E-state index in [9.17, 15) is 9.59 Å². The zero-order valence-electron chi connectivity index (χ0n) is 16.3. The smallest absolute Gasteiger partial charge is 0.339 e. The summed E-state index contributed by atoms with van der Waals surface area (Å²) >= 11 is 0. The van der Waals surface area contributed by atoms with Crippen LogP contribution in [0.3, 0.4) is 0 Å². The number of amides is 1. The number of nitrogens with one attached hydrogen (secondary N) is 1. The standard InChI is InChI=1S/C20H26N4O4/c1-12(2)24-19-16(10-22-24)15(8-17(23-19)13-5-6-13)20(26)28-11-18(25)21-9-14-4-3-7-27-14/h8,10,12-14H,3-7,9,11H2,1-2H3,(H,21,25)/t14-/m1/s1. The summed E-state index contributed by atoms with van der Waals surface area (Å²) in [4.78, 5) is 29.4. The van der Waals surface area contributed by atoms with Gasteiger partial charge in [-0.2, -0.15) is 5.10 Å². The average molecular weight is 386 g/mol. The Morgan fingerprint density at radius 1 is 1.36 bits per heavy atom. The molecule has 2 aromatic heterocycles. The van der Waals surface area contributed by atoms with Crippen LogP contribution in [0.5, 0.6) is 0 Å². The number of carbonyl (C=O) groups excluding carboxylic acids is 2. The first kappa shape index (κ1) is 18.9. The van der Waals surface area contributed by atoms with Crippen LogP contribution in [0.4, 0.5) is 0 Å². The van der Waals surface area contributed by atoms with Crippen molar-refractivity contribution >= 4 is 22.9 Å². The Bertz CT molecular complexity index is 882. The van der Waals surface area contributed by atoms with E-state index in [0.717, 1.165) is 38.0 Å². The normalized spacial score (nSPS) is 19.3. The van der Waals surface area contributed by atoms with E-state index in [-0.39, 0.29) is 24.7 Å². The molecule has 3 heterocycles. The molecule has 0 radical (unpaired) electrons. The Morgan fingerprint density at radius 3 is 2.86 bits per heavy atom.